The molecule has 9 heavy (non-hydrogen) atoms. The topological polar surface area (TPSA) is 59.9 Å². The van der Waals surface area contributed by atoms with Crippen molar-refractivity contribution >= 4 is 12.8 Å². The van der Waals surface area contributed by atoms with Crippen molar-refractivity contribution in [3.8, 4) is 0 Å². The van der Waals surface area contributed by atoms with E-state index in [1.807, 2.05) is 5.43 Å². The van der Waals surface area contributed by atoms with Crippen molar-refractivity contribution in [2.24, 2.45) is 5.10 Å². The molecule has 5 heteroatoms. The number of hydrogen-bond acceptors (Lipinski definition) is 4. The van der Waals surface area contributed by atoms with Crippen molar-refractivity contribution in [3.63, 3.8) is 0 Å². The predicted molar refractivity (Wildman–Crippen MR) is 31.0 cm³/mol. The minimum Gasteiger partial charge on any atom is -0.421 e. The van der Waals surface area contributed by atoms with Gasteiger partial charge in [0, 0.05) is 13.8 Å². The van der Waals surface area contributed by atoms with E-state index in [1.54, 1.807) is 0 Å². The molecule has 0 rings (SSSR count). The molecular formula is C4H8N2O3. The predicted octanol–water partition coefficient (Wildman–Crippen LogP) is -0.0679. The van der Waals surface area contributed by atoms with E-state index in [0.29, 0.717) is 0 Å². The number of carbonyl (C=O) groups excluding carboxylic acids is 1. The molecule has 0 unspecified atom stereocenters. The molecule has 0 heterocycles. The number of nitrogens with one attached hydrogen (secondary N) is 1. The zero-order chi connectivity index (χ0) is 7.11. The van der Waals surface area contributed by atoms with Crippen molar-refractivity contribution in [1.29, 1.82) is 0 Å². The maximum atomic E-state index is 10.3. The molecule has 0 spiro atoms. The Bertz CT molecular complexity index is 104. The molecule has 0 bridgehead atoms. The number of hydrazone groups is 1. The van der Waals surface area contributed by atoms with Crippen LogP contribution in [0.2, 0.25) is 0 Å². The second-order valence-electron chi connectivity index (χ2n) is 1.11. The third-order valence-electron chi connectivity index (χ3n) is 0.478. The van der Waals surface area contributed by atoms with Gasteiger partial charge in [0.05, 0.1) is 0 Å². The highest BCUT2D eigenvalue weighted by Crippen LogP contribution is 1.75. The molecule has 5 nitrogen and oxygen atoms in total. The first-order valence-electron chi connectivity index (χ1n) is 2.18. The van der Waals surface area contributed by atoms with Crippen LogP contribution in [0.4, 0.5) is 4.79 Å². The van der Waals surface area contributed by atoms with Crippen molar-refractivity contribution < 1.29 is 14.3 Å². The summed E-state index contributed by atoms with van der Waals surface area (Å²) >= 11 is 0. The molecule has 1 N–H and O–H groups in total. The smallest absolute Gasteiger partial charge is 0.421 e. The number of amides is 1. The maximum absolute atomic E-state index is 10.3. The molecule has 0 fully saturated rings. The van der Waals surface area contributed by atoms with Crippen LogP contribution >= 0.6 is 0 Å². The fourth-order valence-corrected chi connectivity index (χ4v) is 0.209. The summed E-state index contributed by atoms with van der Waals surface area (Å²) in [5.74, 6) is 0. The van der Waals surface area contributed by atoms with Gasteiger partial charge in [0.25, 0.3) is 0 Å². The summed E-state index contributed by atoms with van der Waals surface area (Å²) in [4.78, 5) is 10.3. The van der Waals surface area contributed by atoms with Gasteiger partial charge in [-0.1, -0.05) is 0 Å². The van der Waals surface area contributed by atoms with Crippen LogP contribution < -0.4 is 5.43 Å². The van der Waals surface area contributed by atoms with Gasteiger partial charge in [0.2, 0.25) is 0 Å². The molecule has 0 aromatic rings. The molecule has 0 saturated heterocycles. The Kier molecular flexibility index (Phi) is 4.43. The molecular weight excluding hydrogens is 124 g/mol. The molecule has 0 radical (unpaired) electrons. The molecule has 0 aromatic carbocycles. The zero-order valence-corrected chi connectivity index (χ0v) is 5.09. The van der Waals surface area contributed by atoms with Gasteiger partial charge in [-0.3, -0.25) is 0 Å². The summed E-state index contributed by atoms with van der Waals surface area (Å²) in [7, 11) is 1.41. The average molecular weight is 132 g/mol. The Morgan fingerprint density at radius 3 is 3.00 bits per heavy atom. The van der Waals surface area contributed by atoms with Gasteiger partial charge < -0.3 is 9.47 Å². The molecule has 0 saturated carbocycles. The zero-order valence-electron chi connectivity index (χ0n) is 5.09. The highest BCUT2D eigenvalue weighted by Gasteiger charge is 1.94. The van der Waals surface area contributed by atoms with Crippen LogP contribution in [0.5, 0.6) is 0 Å². The fraction of sp³-hybridized carbons (Fsp3) is 0.500. The summed E-state index contributed by atoms with van der Waals surface area (Å²) in [5.41, 5.74) is 1.95. The summed E-state index contributed by atoms with van der Waals surface area (Å²) in [6.45, 7) is 2.92. The SMILES string of the molecule is C=NNC(=O)OCOC. The first-order chi connectivity index (χ1) is 4.31. The van der Waals surface area contributed by atoms with Crippen molar-refractivity contribution in [3.05, 3.63) is 0 Å². The van der Waals surface area contributed by atoms with Gasteiger partial charge in [-0.2, -0.15) is 5.10 Å². The lowest BCUT2D eigenvalue weighted by molar-refractivity contribution is 0.0121. The van der Waals surface area contributed by atoms with Crippen LogP contribution in [0.25, 0.3) is 0 Å². The standard InChI is InChI=1S/C4H8N2O3/c1-5-6-4(7)9-3-8-2/h1,3H2,2H3,(H,6,7). The van der Waals surface area contributed by atoms with E-state index in [2.05, 4.69) is 21.3 Å². The largest absolute Gasteiger partial charge is 0.429 e. The Hall–Kier alpha value is -1.10. The minimum absolute atomic E-state index is 0.0820. The highest BCUT2D eigenvalue weighted by molar-refractivity contribution is 5.66. The van der Waals surface area contributed by atoms with E-state index >= 15 is 0 Å². The number of rotatable bonds is 3. The van der Waals surface area contributed by atoms with Gasteiger partial charge in [0.15, 0.2) is 6.79 Å². The van der Waals surface area contributed by atoms with E-state index in [1.165, 1.54) is 7.11 Å². The monoisotopic (exact) mass is 132 g/mol. The average Bonchev–Trinajstić information content (AvgIpc) is 1.85. The molecule has 0 aliphatic rings. The minimum atomic E-state index is -0.674. The lowest BCUT2D eigenvalue weighted by Crippen LogP contribution is -2.19. The van der Waals surface area contributed by atoms with Crippen molar-refractivity contribution in [2.75, 3.05) is 13.9 Å². The second-order valence-corrected chi connectivity index (χ2v) is 1.11. The van der Waals surface area contributed by atoms with E-state index in [9.17, 15) is 4.79 Å². The molecule has 0 aliphatic heterocycles. The van der Waals surface area contributed by atoms with Gasteiger partial charge in [-0.25, -0.2) is 10.2 Å². The Labute approximate surface area is 52.6 Å². The Morgan fingerprint density at radius 1 is 1.89 bits per heavy atom. The van der Waals surface area contributed by atoms with Crippen LogP contribution in [0.3, 0.4) is 0 Å². The van der Waals surface area contributed by atoms with Gasteiger partial charge >= 0.3 is 6.09 Å². The summed E-state index contributed by atoms with van der Waals surface area (Å²) in [6.07, 6.45) is -0.674. The molecule has 0 atom stereocenters. The summed E-state index contributed by atoms with van der Waals surface area (Å²) in [5, 5.41) is 3.06. The van der Waals surface area contributed by atoms with E-state index in [-0.39, 0.29) is 6.79 Å². The van der Waals surface area contributed by atoms with E-state index in [0.717, 1.165) is 0 Å². The Balaban J connectivity index is 3.16. The van der Waals surface area contributed by atoms with Crippen molar-refractivity contribution in [1.82, 2.24) is 5.43 Å². The van der Waals surface area contributed by atoms with Crippen molar-refractivity contribution in [2.45, 2.75) is 0 Å². The lowest BCUT2D eigenvalue weighted by Gasteiger charge is -1.99. The second kappa shape index (κ2) is 5.04. The molecule has 0 aromatic heterocycles. The number of nitrogens with zero attached hydrogens (tertiary/aromatic N) is 1. The van der Waals surface area contributed by atoms with Crippen LogP contribution in [-0.2, 0) is 9.47 Å². The van der Waals surface area contributed by atoms with E-state index in [4.69, 9.17) is 0 Å². The first-order valence-corrected chi connectivity index (χ1v) is 2.18. The van der Waals surface area contributed by atoms with Crippen LogP contribution in [0, 0.1) is 0 Å². The van der Waals surface area contributed by atoms with Gasteiger partial charge in [-0.05, 0) is 0 Å². The molecule has 0 aliphatic carbocycles. The highest BCUT2D eigenvalue weighted by atomic mass is 16.7. The third kappa shape index (κ3) is 4.76. The van der Waals surface area contributed by atoms with E-state index < -0.39 is 6.09 Å². The number of methoxy groups -OCH3 is 1. The quantitative estimate of drug-likeness (QED) is 0.332. The third-order valence-corrected chi connectivity index (χ3v) is 0.478. The number of hydrogen-bond donors (Lipinski definition) is 1. The van der Waals surface area contributed by atoms with Gasteiger partial charge in [-0.15, -0.1) is 0 Å². The van der Waals surface area contributed by atoms with Crippen LogP contribution in [0.15, 0.2) is 5.10 Å². The molecule has 52 valence electrons. The lowest BCUT2D eigenvalue weighted by atomic mass is 11.2. The number of carbonyl (C=O) groups is 1. The normalized spacial score (nSPS) is 8.11. The number of ether oxygens (including phenoxy) is 2. The van der Waals surface area contributed by atoms with Crippen LogP contribution in [-0.4, -0.2) is 26.7 Å². The summed E-state index contributed by atoms with van der Waals surface area (Å²) in [6, 6.07) is 0. The summed E-state index contributed by atoms with van der Waals surface area (Å²) < 4.78 is 8.74. The molecule has 1 amide bonds. The Morgan fingerprint density at radius 2 is 2.56 bits per heavy atom. The first kappa shape index (κ1) is 7.90. The van der Waals surface area contributed by atoms with Crippen LogP contribution in [0.1, 0.15) is 0 Å². The maximum Gasteiger partial charge on any atom is 0.429 e. The fourth-order valence-electron chi connectivity index (χ4n) is 0.209. The van der Waals surface area contributed by atoms with Gasteiger partial charge in [0.1, 0.15) is 0 Å².